The van der Waals surface area contributed by atoms with Gasteiger partial charge in [0.1, 0.15) is 11.4 Å². The van der Waals surface area contributed by atoms with Gasteiger partial charge in [0.2, 0.25) is 0 Å². The minimum atomic E-state index is -4.43. The number of halogens is 3. The van der Waals surface area contributed by atoms with Crippen molar-refractivity contribution in [3.05, 3.63) is 81.9 Å². The van der Waals surface area contributed by atoms with Crippen molar-refractivity contribution < 1.29 is 18.0 Å². The quantitative estimate of drug-likeness (QED) is 0.428. The predicted molar refractivity (Wildman–Crippen MR) is 125 cm³/mol. The van der Waals surface area contributed by atoms with E-state index in [-0.39, 0.29) is 17.2 Å². The van der Waals surface area contributed by atoms with Crippen LogP contribution in [-0.4, -0.2) is 36.0 Å². The molecule has 0 saturated heterocycles. The lowest BCUT2D eigenvalue weighted by atomic mass is 10.0. The van der Waals surface area contributed by atoms with Crippen LogP contribution in [0.3, 0.4) is 0 Å². The third-order valence-electron chi connectivity index (χ3n) is 6.69. The first-order chi connectivity index (χ1) is 16.6. The Balaban J connectivity index is 1.51. The van der Waals surface area contributed by atoms with Gasteiger partial charge < -0.3 is 18.6 Å². The van der Waals surface area contributed by atoms with Crippen molar-refractivity contribution in [2.24, 2.45) is 0 Å². The van der Waals surface area contributed by atoms with Gasteiger partial charge in [0.25, 0.3) is 11.5 Å². The van der Waals surface area contributed by atoms with Crippen molar-refractivity contribution in [2.75, 3.05) is 6.54 Å². The van der Waals surface area contributed by atoms with E-state index in [0.29, 0.717) is 36.2 Å². The topological polar surface area (TPSA) is 65.1 Å². The summed E-state index contributed by atoms with van der Waals surface area (Å²) < 4.78 is 44.7. The second kappa shape index (κ2) is 8.14. The lowest BCUT2D eigenvalue weighted by molar-refractivity contribution is -0.137. The molecular formula is C25H24F3N5O2. The molecule has 1 aromatic carbocycles. The molecule has 182 valence electrons. The lowest BCUT2D eigenvalue weighted by Gasteiger charge is -2.34. The molecule has 0 bridgehead atoms. The number of aryl methyl sites for hydroxylation is 2. The molecule has 0 aliphatic carbocycles. The summed E-state index contributed by atoms with van der Waals surface area (Å²) in [5.74, 6) is -0.293. The van der Waals surface area contributed by atoms with Gasteiger partial charge in [-0.2, -0.15) is 13.2 Å². The second-order valence-electron chi connectivity index (χ2n) is 8.76. The number of hydrogen-bond acceptors (Lipinski definition) is 3. The summed E-state index contributed by atoms with van der Waals surface area (Å²) in [4.78, 5) is 32.3. The Hall–Kier alpha value is -3.82. The van der Waals surface area contributed by atoms with Gasteiger partial charge in [0.15, 0.2) is 0 Å². The summed E-state index contributed by atoms with van der Waals surface area (Å²) in [6.45, 7) is 6.67. The Morgan fingerprint density at radius 3 is 2.51 bits per heavy atom. The molecule has 10 heteroatoms. The standard InChI is InChI=1S/C25H24F3N5O2/c1-4-30-13-19(18-6-5-17(11-22(18)30)25(26,27)28)16(3)32-9-10-33-21(24(32)35)8-7-20(23(33)34)31-12-15(2)29-14-31/h5-8,11-14,16H,4,9-10H2,1-3H3. The van der Waals surface area contributed by atoms with Crippen molar-refractivity contribution in [2.45, 2.75) is 46.1 Å². The molecule has 5 rings (SSSR count). The number of hydrogen-bond donors (Lipinski definition) is 0. The SMILES string of the molecule is CCn1cc(C(C)N2CCn3c(ccc(-n4cnc(C)c4)c3=O)C2=O)c2ccc(C(F)(F)F)cc21. The highest BCUT2D eigenvalue weighted by atomic mass is 19.4. The number of benzene rings is 1. The number of nitrogens with zero attached hydrogens (tertiary/aromatic N) is 5. The summed E-state index contributed by atoms with van der Waals surface area (Å²) in [6.07, 6.45) is 0.688. The fraction of sp³-hybridized carbons (Fsp3) is 0.320. The zero-order valence-electron chi connectivity index (χ0n) is 19.5. The number of imidazole rings is 1. The maximum Gasteiger partial charge on any atom is 0.416 e. The molecule has 4 heterocycles. The van der Waals surface area contributed by atoms with Crippen LogP contribution in [0.4, 0.5) is 13.2 Å². The molecule has 0 fully saturated rings. The van der Waals surface area contributed by atoms with Gasteiger partial charge in [-0.15, -0.1) is 0 Å². The summed E-state index contributed by atoms with van der Waals surface area (Å²) >= 11 is 0. The zero-order chi connectivity index (χ0) is 25.1. The van der Waals surface area contributed by atoms with Gasteiger partial charge in [-0.05, 0) is 50.6 Å². The molecule has 1 atom stereocenters. The van der Waals surface area contributed by atoms with E-state index < -0.39 is 17.8 Å². The molecule has 0 spiro atoms. The molecule has 3 aromatic heterocycles. The van der Waals surface area contributed by atoms with Crippen LogP contribution in [0.2, 0.25) is 0 Å². The molecule has 1 aliphatic heterocycles. The van der Waals surface area contributed by atoms with Crippen LogP contribution in [0.1, 0.15) is 47.2 Å². The van der Waals surface area contributed by atoms with E-state index >= 15 is 0 Å². The summed E-state index contributed by atoms with van der Waals surface area (Å²) in [7, 11) is 0. The van der Waals surface area contributed by atoms with Gasteiger partial charge in [0.05, 0.1) is 23.6 Å². The molecule has 35 heavy (non-hydrogen) atoms. The highest BCUT2D eigenvalue weighted by Crippen LogP contribution is 2.36. The maximum atomic E-state index is 13.4. The number of aromatic nitrogens is 4. The maximum absolute atomic E-state index is 13.4. The second-order valence-corrected chi connectivity index (χ2v) is 8.76. The van der Waals surface area contributed by atoms with Gasteiger partial charge in [-0.25, -0.2) is 4.98 Å². The number of rotatable bonds is 4. The first-order valence-corrected chi connectivity index (χ1v) is 11.4. The van der Waals surface area contributed by atoms with E-state index in [2.05, 4.69) is 4.98 Å². The lowest BCUT2D eigenvalue weighted by Crippen LogP contribution is -2.45. The van der Waals surface area contributed by atoms with E-state index in [0.717, 1.165) is 23.4 Å². The average Bonchev–Trinajstić information content (AvgIpc) is 3.42. The first kappa shape index (κ1) is 22.9. The largest absolute Gasteiger partial charge is 0.416 e. The molecule has 0 N–H and O–H groups in total. The highest BCUT2D eigenvalue weighted by Gasteiger charge is 2.33. The number of alkyl halides is 3. The Morgan fingerprint density at radius 2 is 1.86 bits per heavy atom. The van der Waals surface area contributed by atoms with Crippen molar-refractivity contribution in [1.82, 2.24) is 23.6 Å². The minimum Gasteiger partial charge on any atom is -0.347 e. The highest BCUT2D eigenvalue weighted by molar-refractivity contribution is 5.94. The number of fused-ring (bicyclic) bond motifs is 2. The first-order valence-electron chi connectivity index (χ1n) is 11.4. The van der Waals surface area contributed by atoms with E-state index in [1.807, 2.05) is 27.0 Å². The van der Waals surface area contributed by atoms with Crippen molar-refractivity contribution in [3.63, 3.8) is 0 Å². The van der Waals surface area contributed by atoms with Crippen LogP contribution in [0.15, 0.2) is 53.8 Å². The van der Waals surface area contributed by atoms with Gasteiger partial charge in [-0.1, -0.05) is 6.07 Å². The van der Waals surface area contributed by atoms with Gasteiger partial charge in [0, 0.05) is 42.9 Å². The van der Waals surface area contributed by atoms with Crippen LogP contribution in [0.5, 0.6) is 0 Å². The number of carbonyl (C=O) groups excluding carboxylic acids is 1. The van der Waals surface area contributed by atoms with E-state index in [9.17, 15) is 22.8 Å². The molecule has 4 aromatic rings. The van der Waals surface area contributed by atoms with Crippen LogP contribution in [-0.2, 0) is 19.3 Å². The smallest absolute Gasteiger partial charge is 0.347 e. The normalized spacial score (nSPS) is 15.0. The molecule has 0 saturated carbocycles. The van der Waals surface area contributed by atoms with Crippen LogP contribution >= 0.6 is 0 Å². The Labute approximate surface area is 199 Å². The minimum absolute atomic E-state index is 0.275. The molecule has 1 aliphatic rings. The average molecular weight is 483 g/mol. The molecule has 0 radical (unpaired) electrons. The van der Waals surface area contributed by atoms with E-state index in [4.69, 9.17) is 0 Å². The molecule has 1 amide bonds. The van der Waals surface area contributed by atoms with Gasteiger partial charge in [-0.3, -0.25) is 9.59 Å². The van der Waals surface area contributed by atoms with E-state index in [1.165, 1.54) is 10.6 Å². The summed E-state index contributed by atoms with van der Waals surface area (Å²) in [5.41, 5.74) is 1.74. The summed E-state index contributed by atoms with van der Waals surface area (Å²) in [6, 6.07) is 6.56. The molecule has 1 unspecified atom stereocenters. The Kier molecular flexibility index (Phi) is 5.34. The van der Waals surface area contributed by atoms with Crippen molar-refractivity contribution in [1.29, 1.82) is 0 Å². The molecular weight excluding hydrogens is 459 g/mol. The van der Waals surface area contributed by atoms with Crippen LogP contribution < -0.4 is 5.56 Å². The van der Waals surface area contributed by atoms with Crippen molar-refractivity contribution >= 4 is 16.8 Å². The third-order valence-corrected chi connectivity index (χ3v) is 6.69. The van der Waals surface area contributed by atoms with Gasteiger partial charge >= 0.3 is 6.18 Å². The molecule has 7 nitrogen and oxygen atoms in total. The number of carbonyl (C=O) groups is 1. The van der Waals surface area contributed by atoms with Crippen molar-refractivity contribution in [3.8, 4) is 5.69 Å². The monoisotopic (exact) mass is 483 g/mol. The predicted octanol–water partition coefficient (Wildman–Crippen LogP) is 4.55. The third kappa shape index (κ3) is 3.73. The zero-order valence-corrected chi connectivity index (χ0v) is 19.5. The Bertz CT molecular complexity index is 1510. The fourth-order valence-corrected chi connectivity index (χ4v) is 4.81. The Morgan fingerprint density at radius 1 is 1.09 bits per heavy atom. The summed E-state index contributed by atoms with van der Waals surface area (Å²) in [5, 5.41) is 0.675. The number of amides is 1. The fourth-order valence-electron chi connectivity index (χ4n) is 4.81. The van der Waals surface area contributed by atoms with Crippen LogP contribution in [0.25, 0.3) is 16.6 Å². The number of pyridine rings is 1. The van der Waals surface area contributed by atoms with Crippen LogP contribution in [0, 0.1) is 6.92 Å². The van der Waals surface area contributed by atoms with E-state index in [1.54, 1.807) is 38.7 Å².